The van der Waals surface area contributed by atoms with Gasteiger partial charge in [-0.15, -0.1) is 0 Å². The van der Waals surface area contributed by atoms with Crippen LogP contribution in [0.1, 0.15) is 32.8 Å². The summed E-state index contributed by atoms with van der Waals surface area (Å²) in [6, 6.07) is 14.9. The number of benzene rings is 3. The Labute approximate surface area is 251 Å². The lowest BCUT2D eigenvalue weighted by molar-refractivity contribution is -0.139. The molecule has 3 aromatic rings. The molecule has 2 amide bonds. The first-order valence-corrected chi connectivity index (χ1v) is 15.4. The van der Waals surface area contributed by atoms with Crippen LogP contribution in [0.25, 0.3) is 0 Å². The minimum absolute atomic E-state index is 0.0270. The lowest BCUT2D eigenvalue weighted by Gasteiger charge is -2.32. The fourth-order valence-electron chi connectivity index (χ4n) is 4.42. The molecule has 4 rings (SSSR count). The van der Waals surface area contributed by atoms with Crippen molar-refractivity contribution in [1.82, 2.24) is 10.2 Å². The molecule has 1 aliphatic rings. The largest absolute Gasteiger partial charge is 0.497 e. The van der Waals surface area contributed by atoms with E-state index in [1.165, 1.54) is 35.2 Å². The number of sulfonamides is 1. The van der Waals surface area contributed by atoms with E-state index in [0.717, 1.165) is 16.4 Å². The second kappa shape index (κ2) is 13.8. The Hall–Kier alpha value is -4.32. The molecule has 2 atom stereocenters. The van der Waals surface area contributed by atoms with E-state index in [9.17, 15) is 22.4 Å². The fraction of sp³-hybridized carbons (Fsp3) is 0.355. The standard InChI is InChI=1S/C31H36FN3O7S/c1-5-21(2)33-31(37)22(3)34(19-23-6-12-26(40-4)13-7-23)30(36)20-35(25-10-8-24(32)9-11-25)43(38,39)27-14-15-28-29(18-27)42-17-16-41-28/h6-15,18,21-22H,5,16-17,19-20H2,1-4H3,(H,33,37)/t21-,22-/m0/s1. The van der Waals surface area contributed by atoms with E-state index in [1.807, 2.05) is 13.8 Å². The minimum Gasteiger partial charge on any atom is -0.497 e. The summed E-state index contributed by atoms with van der Waals surface area (Å²) in [7, 11) is -2.83. The van der Waals surface area contributed by atoms with Crippen molar-refractivity contribution in [3.8, 4) is 17.2 Å². The van der Waals surface area contributed by atoms with Gasteiger partial charge in [-0.2, -0.15) is 0 Å². The number of hydrogen-bond donors (Lipinski definition) is 1. The van der Waals surface area contributed by atoms with Crippen molar-refractivity contribution in [2.45, 2.75) is 50.7 Å². The van der Waals surface area contributed by atoms with Crippen LogP contribution in [0.15, 0.2) is 71.6 Å². The molecule has 0 fully saturated rings. The minimum atomic E-state index is -4.37. The van der Waals surface area contributed by atoms with Gasteiger partial charge in [-0.3, -0.25) is 13.9 Å². The Morgan fingerprint density at radius 2 is 1.63 bits per heavy atom. The van der Waals surface area contributed by atoms with Crippen molar-refractivity contribution in [1.29, 1.82) is 0 Å². The molecular formula is C31H36FN3O7S. The summed E-state index contributed by atoms with van der Waals surface area (Å²) in [4.78, 5) is 28.4. The van der Waals surface area contributed by atoms with Crippen LogP contribution in [0.5, 0.6) is 17.2 Å². The number of hydrogen-bond acceptors (Lipinski definition) is 7. The smallest absolute Gasteiger partial charge is 0.264 e. The quantitative estimate of drug-likeness (QED) is 0.327. The van der Waals surface area contributed by atoms with Gasteiger partial charge < -0.3 is 24.4 Å². The van der Waals surface area contributed by atoms with Gasteiger partial charge in [-0.1, -0.05) is 19.1 Å². The number of nitrogens with zero attached hydrogens (tertiary/aromatic N) is 2. The predicted octanol–water partition coefficient (Wildman–Crippen LogP) is 4.13. The molecule has 230 valence electrons. The first kappa shape index (κ1) is 31.6. The molecule has 0 spiro atoms. The lowest BCUT2D eigenvalue weighted by Crippen LogP contribution is -2.52. The summed E-state index contributed by atoms with van der Waals surface area (Å²) in [5.41, 5.74) is 0.783. The molecule has 0 unspecified atom stereocenters. The van der Waals surface area contributed by atoms with Crippen molar-refractivity contribution >= 4 is 27.5 Å². The molecular weight excluding hydrogens is 577 g/mol. The van der Waals surface area contributed by atoms with Crippen LogP contribution < -0.4 is 23.8 Å². The molecule has 3 aromatic carbocycles. The molecule has 43 heavy (non-hydrogen) atoms. The fourth-order valence-corrected chi connectivity index (χ4v) is 5.85. The first-order chi connectivity index (χ1) is 20.5. The van der Waals surface area contributed by atoms with Crippen LogP contribution in [0, 0.1) is 5.82 Å². The van der Waals surface area contributed by atoms with E-state index in [4.69, 9.17) is 14.2 Å². The van der Waals surface area contributed by atoms with Gasteiger partial charge in [-0.25, -0.2) is 12.8 Å². The van der Waals surface area contributed by atoms with Crippen LogP contribution in [0.3, 0.4) is 0 Å². The second-order valence-electron chi connectivity index (χ2n) is 10.2. The second-order valence-corrected chi connectivity index (χ2v) is 12.0. The normalized spacial score (nSPS) is 13.9. The number of methoxy groups -OCH3 is 1. The van der Waals surface area contributed by atoms with E-state index in [-0.39, 0.29) is 41.4 Å². The van der Waals surface area contributed by atoms with E-state index >= 15 is 0 Å². The Bertz CT molecular complexity index is 1530. The third-order valence-electron chi connectivity index (χ3n) is 7.18. The molecule has 1 heterocycles. The zero-order valence-corrected chi connectivity index (χ0v) is 25.4. The summed E-state index contributed by atoms with van der Waals surface area (Å²) >= 11 is 0. The van der Waals surface area contributed by atoms with E-state index in [0.29, 0.717) is 30.1 Å². The number of rotatable bonds is 12. The highest BCUT2D eigenvalue weighted by atomic mass is 32.2. The number of carbonyl (C=O) groups is 2. The Morgan fingerprint density at radius 3 is 2.26 bits per heavy atom. The summed E-state index contributed by atoms with van der Waals surface area (Å²) in [5, 5.41) is 2.89. The number of anilines is 1. The summed E-state index contributed by atoms with van der Waals surface area (Å²) in [6.45, 7) is 5.35. The number of ether oxygens (including phenoxy) is 3. The summed E-state index contributed by atoms with van der Waals surface area (Å²) in [5.74, 6) is -0.289. The zero-order chi connectivity index (χ0) is 31.1. The topological polar surface area (TPSA) is 114 Å². The maximum absolute atomic E-state index is 14.1. The number of halogens is 1. The van der Waals surface area contributed by atoms with Crippen molar-refractivity contribution in [2.75, 3.05) is 31.2 Å². The van der Waals surface area contributed by atoms with Crippen LogP contribution >= 0.6 is 0 Å². The third kappa shape index (κ3) is 7.56. The van der Waals surface area contributed by atoms with Gasteiger partial charge >= 0.3 is 0 Å². The van der Waals surface area contributed by atoms with Gasteiger partial charge in [0.25, 0.3) is 10.0 Å². The third-order valence-corrected chi connectivity index (χ3v) is 8.95. The lowest BCUT2D eigenvalue weighted by atomic mass is 10.1. The highest BCUT2D eigenvalue weighted by Crippen LogP contribution is 2.34. The average Bonchev–Trinajstić information content (AvgIpc) is 3.02. The molecule has 0 saturated carbocycles. The summed E-state index contributed by atoms with van der Waals surface area (Å²) < 4.78 is 59.2. The molecule has 0 bridgehead atoms. The van der Waals surface area contributed by atoms with Gasteiger partial charge in [0.1, 0.15) is 37.4 Å². The van der Waals surface area contributed by atoms with Gasteiger partial charge in [0.15, 0.2) is 11.5 Å². The highest BCUT2D eigenvalue weighted by molar-refractivity contribution is 7.92. The number of fused-ring (bicyclic) bond motifs is 1. The number of amides is 2. The van der Waals surface area contributed by atoms with Crippen molar-refractivity contribution in [2.24, 2.45) is 0 Å². The Kier molecular flexibility index (Phi) is 10.1. The Balaban J connectivity index is 1.71. The molecule has 12 heteroatoms. The summed E-state index contributed by atoms with van der Waals surface area (Å²) in [6.07, 6.45) is 0.691. The predicted molar refractivity (Wildman–Crippen MR) is 159 cm³/mol. The highest BCUT2D eigenvalue weighted by Gasteiger charge is 2.33. The van der Waals surface area contributed by atoms with E-state index in [2.05, 4.69) is 5.32 Å². The van der Waals surface area contributed by atoms with E-state index < -0.39 is 34.3 Å². The van der Waals surface area contributed by atoms with Crippen molar-refractivity contribution in [3.63, 3.8) is 0 Å². The number of carbonyl (C=O) groups excluding carboxylic acids is 2. The van der Waals surface area contributed by atoms with Crippen molar-refractivity contribution < 1.29 is 36.6 Å². The van der Waals surface area contributed by atoms with Gasteiger partial charge in [0, 0.05) is 18.7 Å². The molecule has 0 aliphatic carbocycles. The molecule has 0 radical (unpaired) electrons. The average molecular weight is 614 g/mol. The maximum atomic E-state index is 14.1. The number of nitrogens with one attached hydrogen (secondary N) is 1. The first-order valence-electron chi connectivity index (χ1n) is 13.9. The van der Waals surface area contributed by atoms with Crippen molar-refractivity contribution in [3.05, 3.63) is 78.1 Å². The van der Waals surface area contributed by atoms with Crippen LogP contribution in [0.2, 0.25) is 0 Å². The van der Waals surface area contributed by atoms with Gasteiger partial charge in [0.05, 0.1) is 17.7 Å². The van der Waals surface area contributed by atoms with Crippen LogP contribution in [-0.2, 0) is 26.2 Å². The molecule has 0 aromatic heterocycles. The zero-order valence-electron chi connectivity index (χ0n) is 24.6. The van der Waals surface area contributed by atoms with Crippen LogP contribution in [0.4, 0.5) is 10.1 Å². The van der Waals surface area contributed by atoms with E-state index in [1.54, 1.807) is 38.3 Å². The SMILES string of the molecule is CC[C@H](C)NC(=O)[C@H](C)N(Cc1ccc(OC)cc1)C(=O)CN(c1ccc(F)cc1)S(=O)(=O)c1ccc2c(c1)OCCO2. The van der Waals surface area contributed by atoms with Gasteiger partial charge in [-0.05, 0) is 74.4 Å². The monoisotopic (exact) mass is 613 g/mol. The van der Waals surface area contributed by atoms with Gasteiger partial charge in [0.2, 0.25) is 11.8 Å². The van der Waals surface area contributed by atoms with Crippen LogP contribution in [-0.4, -0.2) is 64.1 Å². The Morgan fingerprint density at radius 1 is 0.977 bits per heavy atom. The molecule has 1 N–H and O–H groups in total. The molecule has 0 saturated heterocycles. The molecule has 10 nitrogen and oxygen atoms in total. The molecule has 1 aliphatic heterocycles. The maximum Gasteiger partial charge on any atom is 0.264 e.